The fraction of sp³-hybridized carbons (Fsp3) is 0. The van der Waals surface area contributed by atoms with Crippen molar-refractivity contribution >= 4 is 39.5 Å². The molecule has 0 aliphatic carbocycles. The zero-order chi connectivity index (χ0) is 9.42. The van der Waals surface area contributed by atoms with E-state index >= 15 is 0 Å². The molecular weight excluding hydrogens is 283 g/mol. The molecule has 0 atom stereocenters. The van der Waals surface area contributed by atoms with Gasteiger partial charge in [-0.3, -0.25) is 5.10 Å². The van der Waals surface area contributed by atoms with Crippen LogP contribution in [-0.4, -0.2) is 16.2 Å². The third-order valence-corrected chi connectivity index (χ3v) is 2.39. The number of nitrogens with zero attached hydrogens (tertiary/aromatic N) is 1. The second kappa shape index (κ2) is 2.99. The molecule has 0 radical (unpaired) electrons. The number of carbonyl (C=O) groups is 1. The Kier molecular flexibility index (Phi) is 1.95. The Morgan fingerprint density at radius 1 is 1.54 bits per heavy atom. The van der Waals surface area contributed by atoms with E-state index in [-0.39, 0.29) is 5.69 Å². The van der Waals surface area contributed by atoms with Crippen molar-refractivity contribution < 1.29 is 9.90 Å². The Morgan fingerprint density at radius 3 is 3.00 bits per heavy atom. The number of hydrogen-bond acceptors (Lipinski definition) is 3. The number of fused-ring (bicyclic) bond motifs is 1. The maximum Gasteiger partial charge on any atom is 0.115 e. The van der Waals surface area contributed by atoms with E-state index in [0.717, 1.165) is 3.57 Å². The molecule has 2 aromatic rings. The molecule has 0 aliphatic heterocycles. The van der Waals surface area contributed by atoms with Crippen molar-refractivity contribution in [2.75, 3.05) is 0 Å². The molecule has 1 aromatic heterocycles. The predicted octanol–water partition coefficient (Wildman–Crippen LogP) is 0.531. The van der Waals surface area contributed by atoms with Crippen molar-refractivity contribution in [1.82, 2.24) is 10.2 Å². The van der Waals surface area contributed by atoms with Crippen LogP contribution in [-0.2, 0) is 0 Å². The lowest BCUT2D eigenvalue weighted by atomic mass is 10.2. The highest BCUT2D eigenvalue weighted by molar-refractivity contribution is 14.1. The van der Waals surface area contributed by atoms with Crippen LogP contribution in [0.4, 0.5) is 0 Å². The number of halogens is 1. The quantitative estimate of drug-likeness (QED) is 0.778. The zero-order valence-electron chi connectivity index (χ0n) is 6.37. The standard InChI is InChI=1S/C8H5IN2O2/c9-4-1-2-6-5(3-4)7(8(12)13)11-10-6/h1-3H,(H,10,11)(H,12,13)/p-1. The summed E-state index contributed by atoms with van der Waals surface area (Å²) in [5, 5.41) is 17.4. The summed E-state index contributed by atoms with van der Waals surface area (Å²) in [6, 6.07) is 5.42. The van der Waals surface area contributed by atoms with E-state index in [9.17, 15) is 9.90 Å². The van der Waals surface area contributed by atoms with Crippen LogP contribution in [0, 0.1) is 3.57 Å². The molecule has 1 N–H and O–H groups in total. The molecule has 1 heterocycles. The summed E-state index contributed by atoms with van der Waals surface area (Å²) in [4.78, 5) is 10.6. The van der Waals surface area contributed by atoms with Gasteiger partial charge in [0.1, 0.15) is 5.69 Å². The summed E-state index contributed by atoms with van der Waals surface area (Å²) < 4.78 is 0.967. The number of aromatic amines is 1. The molecule has 66 valence electrons. The molecule has 4 nitrogen and oxygen atoms in total. The van der Waals surface area contributed by atoms with Crippen LogP contribution in [0.1, 0.15) is 10.5 Å². The van der Waals surface area contributed by atoms with Gasteiger partial charge in [-0.1, -0.05) is 0 Å². The van der Waals surface area contributed by atoms with E-state index in [4.69, 9.17) is 0 Å². The summed E-state index contributed by atoms with van der Waals surface area (Å²) in [6.45, 7) is 0. The Bertz CT molecular complexity index is 478. The summed E-state index contributed by atoms with van der Waals surface area (Å²) >= 11 is 2.11. The second-order valence-electron chi connectivity index (χ2n) is 2.55. The van der Waals surface area contributed by atoms with Crippen LogP contribution in [0.25, 0.3) is 10.9 Å². The minimum atomic E-state index is -1.26. The maximum absolute atomic E-state index is 10.6. The van der Waals surface area contributed by atoms with Gasteiger partial charge in [-0.2, -0.15) is 5.10 Å². The van der Waals surface area contributed by atoms with E-state index in [1.165, 1.54) is 0 Å². The Labute approximate surface area is 87.1 Å². The minimum absolute atomic E-state index is 0.0338. The molecule has 0 unspecified atom stereocenters. The first-order valence-corrected chi connectivity index (χ1v) is 4.61. The highest BCUT2D eigenvalue weighted by atomic mass is 127. The third kappa shape index (κ3) is 1.39. The lowest BCUT2D eigenvalue weighted by Gasteiger charge is -1.96. The Morgan fingerprint density at radius 2 is 2.31 bits per heavy atom. The number of carbonyl (C=O) groups excluding carboxylic acids is 1. The van der Waals surface area contributed by atoms with Crippen molar-refractivity contribution in [3.8, 4) is 0 Å². The number of hydrogen-bond donors (Lipinski definition) is 1. The highest BCUT2D eigenvalue weighted by Crippen LogP contribution is 2.18. The number of aromatic nitrogens is 2. The predicted molar refractivity (Wildman–Crippen MR) is 53.1 cm³/mol. The summed E-state index contributed by atoms with van der Waals surface area (Å²) in [5.41, 5.74) is 0.674. The summed E-state index contributed by atoms with van der Waals surface area (Å²) in [5.74, 6) is -1.26. The lowest BCUT2D eigenvalue weighted by Crippen LogP contribution is -2.22. The second-order valence-corrected chi connectivity index (χ2v) is 3.80. The van der Waals surface area contributed by atoms with Gasteiger partial charge < -0.3 is 9.90 Å². The average Bonchev–Trinajstić information content (AvgIpc) is 2.46. The van der Waals surface area contributed by atoms with Gasteiger partial charge >= 0.3 is 0 Å². The van der Waals surface area contributed by atoms with E-state index in [2.05, 4.69) is 32.8 Å². The highest BCUT2D eigenvalue weighted by Gasteiger charge is 2.05. The van der Waals surface area contributed by atoms with Crippen molar-refractivity contribution in [3.63, 3.8) is 0 Å². The molecule has 0 spiro atoms. The van der Waals surface area contributed by atoms with Crippen LogP contribution in [0.3, 0.4) is 0 Å². The largest absolute Gasteiger partial charge is 0.543 e. The molecule has 5 heteroatoms. The number of benzene rings is 1. The maximum atomic E-state index is 10.6. The third-order valence-electron chi connectivity index (χ3n) is 1.72. The molecule has 0 amide bonds. The van der Waals surface area contributed by atoms with Gasteiger partial charge in [-0.05, 0) is 40.8 Å². The van der Waals surface area contributed by atoms with E-state index in [1.807, 2.05) is 6.07 Å². The van der Waals surface area contributed by atoms with Gasteiger partial charge in [0, 0.05) is 8.96 Å². The molecule has 13 heavy (non-hydrogen) atoms. The van der Waals surface area contributed by atoms with Crippen LogP contribution in [0.15, 0.2) is 18.2 Å². The van der Waals surface area contributed by atoms with E-state index in [1.54, 1.807) is 12.1 Å². The summed E-state index contributed by atoms with van der Waals surface area (Å²) in [7, 11) is 0. The first-order chi connectivity index (χ1) is 6.18. The fourth-order valence-electron chi connectivity index (χ4n) is 1.14. The topological polar surface area (TPSA) is 68.8 Å². The number of aromatic carboxylic acids is 1. The first kappa shape index (κ1) is 8.49. The van der Waals surface area contributed by atoms with Crippen molar-refractivity contribution in [1.29, 1.82) is 0 Å². The minimum Gasteiger partial charge on any atom is -0.543 e. The molecule has 0 aliphatic rings. The van der Waals surface area contributed by atoms with Gasteiger partial charge in [0.25, 0.3) is 0 Å². The first-order valence-electron chi connectivity index (χ1n) is 3.53. The fourth-order valence-corrected chi connectivity index (χ4v) is 1.63. The van der Waals surface area contributed by atoms with Crippen molar-refractivity contribution in [2.45, 2.75) is 0 Å². The van der Waals surface area contributed by atoms with Gasteiger partial charge in [0.15, 0.2) is 0 Å². The monoisotopic (exact) mass is 287 g/mol. The number of rotatable bonds is 1. The van der Waals surface area contributed by atoms with Gasteiger partial charge in [-0.15, -0.1) is 0 Å². The van der Waals surface area contributed by atoms with E-state index < -0.39 is 5.97 Å². The lowest BCUT2D eigenvalue weighted by molar-refractivity contribution is -0.255. The number of carboxylic acid groups (broad SMARTS) is 1. The van der Waals surface area contributed by atoms with Gasteiger partial charge in [-0.25, -0.2) is 0 Å². The molecular formula is C8H4IN2O2-. The van der Waals surface area contributed by atoms with Crippen molar-refractivity contribution in [2.24, 2.45) is 0 Å². The average molecular weight is 287 g/mol. The molecule has 0 fully saturated rings. The van der Waals surface area contributed by atoms with Crippen LogP contribution in [0.5, 0.6) is 0 Å². The van der Waals surface area contributed by atoms with Crippen LogP contribution in [0.2, 0.25) is 0 Å². The Hall–Kier alpha value is -1.11. The smallest absolute Gasteiger partial charge is 0.115 e. The SMILES string of the molecule is O=C([O-])c1n[nH]c2ccc(I)cc12. The molecule has 0 saturated heterocycles. The molecule has 2 rings (SSSR count). The van der Waals surface area contributed by atoms with Crippen LogP contribution < -0.4 is 5.11 Å². The Balaban J connectivity index is 2.79. The van der Waals surface area contributed by atoms with E-state index in [0.29, 0.717) is 10.9 Å². The van der Waals surface area contributed by atoms with Crippen molar-refractivity contribution in [3.05, 3.63) is 27.5 Å². The molecule has 0 bridgehead atoms. The number of nitrogens with one attached hydrogen (secondary N) is 1. The van der Waals surface area contributed by atoms with Gasteiger partial charge in [0.2, 0.25) is 0 Å². The molecule has 0 saturated carbocycles. The number of H-pyrrole nitrogens is 1. The van der Waals surface area contributed by atoms with Crippen LogP contribution >= 0.6 is 22.6 Å². The zero-order valence-corrected chi connectivity index (χ0v) is 8.53. The van der Waals surface area contributed by atoms with Gasteiger partial charge in [0.05, 0.1) is 11.5 Å². The molecule has 1 aromatic carbocycles. The summed E-state index contributed by atoms with van der Waals surface area (Å²) in [6.07, 6.45) is 0. The number of carboxylic acids is 1. The normalized spacial score (nSPS) is 10.5.